The Balaban J connectivity index is 1.64. The maximum absolute atomic E-state index is 13.5. The van der Waals surface area contributed by atoms with Gasteiger partial charge in [-0.25, -0.2) is 9.37 Å². The smallest absolute Gasteiger partial charge is 0.259 e. The first-order valence-electron chi connectivity index (χ1n) is 12.4. The first-order chi connectivity index (χ1) is 17.3. The Hall–Kier alpha value is -3.44. The Morgan fingerprint density at radius 1 is 1.31 bits per heavy atom. The largest absolute Gasteiger partial charge is 0.472 e. The van der Waals surface area contributed by atoms with Crippen LogP contribution in [-0.2, 0) is 4.79 Å². The van der Waals surface area contributed by atoms with E-state index in [2.05, 4.69) is 16.8 Å². The third-order valence-corrected chi connectivity index (χ3v) is 6.98. The molecule has 2 aliphatic rings. The zero-order valence-corrected chi connectivity index (χ0v) is 20.9. The average molecular weight is 494 g/mol. The van der Waals surface area contributed by atoms with Gasteiger partial charge in [0.2, 0.25) is 11.8 Å². The summed E-state index contributed by atoms with van der Waals surface area (Å²) in [5.41, 5.74) is 1.23. The quantitative estimate of drug-likeness (QED) is 0.648. The Kier molecular flexibility index (Phi) is 7.90. The predicted molar refractivity (Wildman–Crippen MR) is 133 cm³/mol. The molecule has 2 aromatic rings. The second-order valence-corrected chi connectivity index (χ2v) is 9.81. The highest BCUT2D eigenvalue weighted by Gasteiger charge is 2.36. The minimum Gasteiger partial charge on any atom is -0.472 e. The molecule has 0 spiro atoms. The summed E-state index contributed by atoms with van der Waals surface area (Å²) in [6, 6.07) is 7.16. The lowest BCUT2D eigenvalue weighted by Crippen LogP contribution is -2.51. The molecule has 0 unspecified atom stereocenters. The Labute approximate surface area is 211 Å². The van der Waals surface area contributed by atoms with E-state index in [9.17, 15) is 19.1 Å². The molecule has 1 aromatic heterocycles. The molecule has 1 aromatic carbocycles. The van der Waals surface area contributed by atoms with E-state index < -0.39 is 12.1 Å². The van der Waals surface area contributed by atoms with E-state index in [0.717, 1.165) is 19.3 Å². The standard InChI is InChI=1S/C28H32FN3O4/c1-18-15-32(19(2)17-33)28(35)24-13-21(11-10-20-6-4-9-23(29)12-20)14-30-26(24)36-25(18)16-31(3)27(34)22-7-5-8-22/h4,6,9,12-14,18-19,22,25,33H,5,7-8,15-17H2,1-3H3/t18-,19-,25-/m1/s1. The van der Waals surface area contributed by atoms with Crippen LogP contribution in [0.4, 0.5) is 4.39 Å². The van der Waals surface area contributed by atoms with Crippen molar-refractivity contribution in [1.82, 2.24) is 14.8 Å². The molecule has 0 bridgehead atoms. The van der Waals surface area contributed by atoms with Gasteiger partial charge in [-0.15, -0.1) is 0 Å². The summed E-state index contributed by atoms with van der Waals surface area (Å²) in [6.07, 6.45) is 4.05. The summed E-state index contributed by atoms with van der Waals surface area (Å²) in [5.74, 6) is 5.41. The van der Waals surface area contributed by atoms with Gasteiger partial charge in [0.1, 0.15) is 17.5 Å². The van der Waals surface area contributed by atoms with Crippen LogP contribution >= 0.6 is 0 Å². The lowest BCUT2D eigenvalue weighted by atomic mass is 9.84. The molecule has 2 heterocycles. The molecule has 36 heavy (non-hydrogen) atoms. The number of pyridine rings is 1. The van der Waals surface area contributed by atoms with E-state index in [1.807, 2.05) is 6.92 Å². The number of amides is 2. The van der Waals surface area contributed by atoms with Gasteiger partial charge in [0.25, 0.3) is 5.91 Å². The van der Waals surface area contributed by atoms with Crippen molar-refractivity contribution < 1.29 is 23.8 Å². The summed E-state index contributed by atoms with van der Waals surface area (Å²) in [4.78, 5) is 34.0. The minimum atomic E-state index is -0.414. The van der Waals surface area contributed by atoms with Crippen molar-refractivity contribution in [1.29, 1.82) is 0 Å². The zero-order valence-electron chi connectivity index (χ0n) is 20.9. The van der Waals surface area contributed by atoms with Crippen molar-refractivity contribution in [3.63, 3.8) is 0 Å². The number of fused-ring (bicyclic) bond motifs is 1. The third kappa shape index (κ3) is 5.68. The number of aliphatic hydroxyl groups is 1. The number of nitrogens with zero attached hydrogens (tertiary/aromatic N) is 3. The molecule has 0 radical (unpaired) electrons. The summed E-state index contributed by atoms with van der Waals surface area (Å²) >= 11 is 0. The number of aliphatic hydroxyl groups excluding tert-OH is 1. The molecular formula is C28H32FN3O4. The molecule has 3 atom stereocenters. The van der Waals surface area contributed by atoms with E-state index in [-0.39, 0.29) is 47.5 Å². The first kappa shape index (κ1) is 25.6. The maximum atomic E-state index is 13.5. The average Bonchev–Trinajstić information content (AvgIpc) is 2.83. The van der Waals surface area contributed by atoms with Gasteiger partial charge in [-0.3, -0.25) is 9.59 Å². The number of ether oxygens (including phenoxy) is 1. The Morgan fingerprint density at radius 3 is 2.72 bits per heavy atom. The first-order valence-corrected chi connectivity index (χ1v) is 12.4. The highest BCUT2D eigenvalue weighted by Crippen LogP contribution is 2.30. The van der Waals surface area contributed by atoms with E-state index in [1.165, 1.54) is 18.3 Å². The Bertz CT molecular complexity index is 1190. The topological polar surface area (TPSA) is 83.0 Å². The van der Waals surface area contributed by atoms with Crippen LogP contribution in [0.3, 0.4) is 0 Å². The van der Waals surface area contributed by atoms with Gasteiger partial charge in [0, 0.05) is 42.8 Å². The van der Waals surface area contributed by atoms with Crippen LogP contribution in [-0.4, -0.2) is 70.6 Å². The van der Waals surface area contributed by atoms with Crippen LogP contribution in [0.15, 0.2) is 36.5 Å². The lowest BCUT2D eigenvalue weighted by molar-refractivity contribution is -0.138. The molecule has 2 amide bonds. The minimum absolute atomic E-state index is 0.0796. The van der Waals surface area contributed by atoms with Crippen molar-refractivity contribution in [2.24, 2.45) is 11.8 Å². The molecule has 1 aliphatic heterocycles. The molecular weight excluding hydrogens is 461 g/mol. The normalized spacial score (nSPS) is 20.6. The number of carbonyl (C=O) groups is 2. The van der Waals surface area contributed by atoms with Crippen molar-refractivity contribution in [3.05, 3.63) is 59.0 Å². The monoisotopic (exact) mass is 493 g/mol. The van der Waals surface area contributed by atoms with Gasteiger partial charge in [-0.1, -0.05) is 31.3 Å². The van der Waals surface area contributed by atoms with Gasteiger partial charge in [0.05, 0.1) is 19.2 Å². The summed E-state index contributed by atoms with van der Waals surface area (Å²) < 4.78 is 19.7. The summed E-state index contributed by atoms with van der Waals surface area (Å²) in [6.45, 7) is 4.30. The van der Waals surface area contributed by atoms with Crippen LogP contribution in [0.1, 0.15) is 54.6 Å². The highest BCUT2D eigenvalue weighted by molar-refractivity contribution is 5.97. The number of carbonyl (C=O) groups excluding carboxylic acids is 2. The molecule has 190 valence electrons. The van der Waals surface area contributed by atoms with Crippen LogP contribution in [0.2, 0.25) is 0 Å². The molecule has 0 saturated heterocycles. The molecule has 1 aliphatic carbocycles. The zero-order chi connectivity index (χ0) is 25.8. The van der Waals surface area contributed by atoms with E-state index in [0.29, 0.717) is 24.2 Å². The maximum Gasteiger partial charge on any atom is 0.259 e. The van der Waals surface area contributed by atoms with Crippen LogP contribution in [0, 0.1) is 29.5 Å². The second-order valence-electron chi connectivity index (χ2n) is 9.81. The number of hydrogen-bond acceptors (Lipinski definition) is 5. The molecule has 8 heteroatoms. The van der Waals surface area contributed by atoms with Gasteiger partial charge in [-0.05, 0) is 44.0 Å². The second kappa shape index (κ2) is 11.1. The van der Waals surface area contributed by atoms with Crippen LogP contribution in [0.25, 0.3) is 0 Å². The van der Waals surface area contributed by atoms with E-state index in [1.54, 1.807) is 42.0 Å². The number of aromatic nitrogens is 1. The summed E-state index contributed by atoms with van der Waals surface area (Å²) in [7, 11) is 1.79. The van der Waals surface area contributed by atoms with Crippen molar-refractivity contribution in [2.75, 3.05) is 26.7 Å². The van der Waals surface area contributed by atoms with Crippen molar-refractivity contribution >= 4 is 11.8 Å². The van der Waals surface area contributed by atoms with E-state index in [4.69, 9.17) is 4.74 Å². The number of hydrogen-bond donors (Lipinski definition) is 1. The fourth-order valence-electron chi connectivity index (χ4n) is 4.43. The predicted octanol–water partition coefficient (Wildman–Crippen LogP) is 3.10. The van der Waals surface area contributed by atoms with Crippen LogP contribution < -0.4 is 4.74 Å². The third-order valence-electron chi connectivity index (χ3n) is 6.98. The van der Waals surface area contributed by atoms with Gasteiger partial charge < -0.3 is 19.6 Å². The van der Waals surface area contributed by atoms with Gasteiger partial charge >= 0.3 is 0 Å². The van der Waals surface area contributed by atoms with Crippen molar-refractivity contribution in [2.45, 2.75) is 45.3 Å². The number of benzene rings is 1. The van der Waals surface area contributed by atoms with Crippen molar-refractivity contribution in [3.8, 4) is 17.7 Å². The number of halogens is 1. The molecule has 1 saturated carbocycles. The summed E-state index contributed by atoms with van der Waals surface area (Å²) in [5, 5.41) is 9.82. The molecule has 1 fully saturated rings. The fraction of sp³-hybridized carbons (Fsp3) is 0.464. The SMILES string of the molecule is C[C@@H]1CN([C@H](C)CO)C(=O)c2cc(C#Cc3cccc(F)c3)cnc2O[C@@H]1CN(C)C(=O)C1CCC1. The molecule has 4 rings (SSSR count). The van der Waals surface area contributed by atoms with Gasteiger partial charge in [-0.2, -0.15) is 0 Å². The number of rotatable bonds is 5. The molecule has 1 N–H and O–H groups in total. The lowest BCUT2D eigenvalue weighted by Gasteiger charge is -2.38. The molecule has 7 nitrogen and oxygen atoms in total. The Morgan fingerprint density at radius 2 is 2.06 bits per heavy atom. The highest BCUT2D eigenvalue weighted by atomic mass is 19.1. The van der Waals surface area contributed by atoms with E-state index >= 15 is 0 Å². The number of likely N-dealkylation sites (N-methyl/N-ethyl adjacent to an activating group) is 1. The van der Waals surface area contributed by atoms with Gasteiger partial charge in [0.15, 0.2) is 0 Å². The fourth-order valence-corrected chi connectivity index (χ4v) is 4.43. The van der Waals surface area contributed by atoms with Crippen LogP contribution in [0.5, 0.6) is 5.88 Å².